The van der Waals surface area contributed by atoms with E-state index < -0.39 is 5.91 Å². The van der Waals surface area contributed by atoms with E-state index in [4.69, 9.17) is 0 Å². The topological polar surface area (TPSA) is 66.5 Å². The summed E-state index contributed by atoms with van der Waals surface area (Å²) in [5, 5.41) is 2.86. The highest BCUT2D eigenvalue weighted by atomic mass is 16.2. The minimum atomic E-state index is -0.416. The molecule has 29 heavy (non-hydrogen) atoms. The Balaban J connectivity index is 1.65. The average molecular weight is 384 g/mol. The van der Waals surface area contributed by atoms with Gasteiger partial charge in [0.25, 0.3) is 17.7 Å². The van der Waals surface area contributed by atoms with Crippen molar-refractivity contribution in [3.05, 3.63) is 94.0 Å². The number of nitrogens with one attached hydrogen (secondary N) is 1. The Hall–Kier alpha value is -3.73. The lowest BCUT2D eigenvalue weighted by molar-refractivity contribution is 0.0925. The van der Waals surface area contributed by atoms with Crippen LogP contribution in [0.1, 0.15) is 47.8 Å². The van der Waals surface area contributed by atoms with Gasteiger partial charge in [0, 0.05) is 11.3 Å². The first-order valence-electron chi connectivity index (χ1n) is 9.33. The number of amides is 3. The van der Waals surface area contributed by atoms with Gasteiger partial charge in [-0.05, 0) is 73.9 Å². The average Bonchev–Trinajstić information content (AvgIpc) is 2.92. The zero-order valence-corrected chi connectivity index (χ0v) is 16.4. The summed E-state index contributed by atoms with van der Waals surface area (Å²) in [7, 11) is 0. The Morgan fingerprint density at radius 3 is 2.14 bits per heavy atom. The van der Waals surface area contributed by atoms with Crippen molar-refractivity contribution >= 4 is 29.1 Å². The second kappa shape index (κ2) is 7.02. The molecule has 144 valence electrons. The van der Waals surface area contributed by atoms with Crippen molar-refractivity contribution in [1.29, 1.82) is 0 Å². The van der Waals surface area contributed by atoms with Crippen molar-refractivity contribution in [1.82, 2.24) is 0 Å². The van der Waals surface area contributed by atoms with Crippen molar-refractivity contribution in [3.8, 4) is 0 Å². The molecule has 0 spiro atoms. The lowest BCUT2D eigenvalue weighted by Gasteiger charge is -2.16. The van der Waals surface area contributed by atoms with Crippen molar-refractivity contribution in [2.45, 2.75) is 20.8 Å². The summed E-state index contributed by atoms with van der Waals surface area (Å²) in [6.45, 7) is 5.77. The minimum Gasteiger partial charge on any atom is -0.322 e. The molecular formula is C24H20N2O3. The van der Waals surface area contributed by atoms with Crippen LogP contribution < -0.4 is 10.2 Å². The molecule has 0 aromatic heterocycles. The highest BCUT2D eigenvalue weighted by Gasteiger charge is 2.37. The van der Waals surface area contributed by atoms with Crippen LogP contribution in [0.5, 0.6) is 0 Å². The molecule has 5 heteroatoms. The molecule has 3 amide bonds. The van der Waals surface area contributed by atoms with Crippen LogP contribution in [0.3, 0.4) is 0 Å². The van der Waals surface area contributed by atoms with Crippen LogP contribution in [-0.2, 0) is 0 Å². The molecule has 0 radical (unpaired) electrons. The van der Waals surface area contributed by atoms with Crippen LogP contribution >= 0.6 is 0 Å². The number of nitrogens with zero attached hydrogens (tertiary/aromatic N) is 1. The molecule has 1 heterocycles. The van der Waals surface area contributed by atoms with Gasteiger partial charge in [-0.1, -0.05) is 24.3 Å². The van der Waals surface area contributed by atoms with Gasteiger partial charge in [0.2, 0.25) is 0 Å². The summed E-state index contributed by atoms with van der Waals surface area (Å²) in [5.74, 6) is -1.12. The summed E-state index contributed by atoms with van der Waals surface area (Å²) in [6.07, 6.45) is 0. The first-order chi connectivity index (χ1) is 13.8. The van der Waals surface area contributed by atoms with Crippen LogP contribution in [0.15, 0.2) is 60.7 Å². The molecule has 4 rings (SSSR count). The summed E-state index contributed by atoms with van der Waals surface area (Å²) in [5.41, 5.74) is 5.04. The monoisotopic (exact) mass is 384 g/mol. The SMILES string of the molecule is Cc1cc(C)cc(NC(=O)c2ccc3c(c2)C(=O)N(c2ccccc2C)C3=O)c1. The van der Waals surface area contributed by atoms with Gasteiger partial charge in [-0.25, -0.2) is 4.90 Å². The maximum Gasteiger partial charge on any atom is 0.266 e. The number of rotatable bonds is 3. The highest BCUT2D eigenvalue weighted by molar-refractivity contribution is 6.35. The molecule has 5 nitrogen and oxygen atoms in total. The van der Waals surface area contributed by atoms with Gasteiger partial charge < -0.3 is 5.32 Å². The molecule has 1 N–H and O–H groups in total. The molecule has 1 aliphatic rings. The molecule has 0 atom stereocenters. The van der Waals surface area contributed by atoms with Crippen LogP contribution in [0, 0.1) is 20.8 Å². The summed E-state index contributed by atoms with van der Waals surface area (Å²) >= 11 is 0. The highest BCUT2D eigenvalue weighted by Crippen LogP contribution is 2.31. The number of hydrogen-bond acceptors (Lipinski definition) is 3. The molecular weight excluding hydrogens is 364 g/mol. The molecule has 3 aromatic carbocycles. The Morgan fingerprint density at radius 2 is 1.45 bits per heavy atom. The van der Waals surface area contributed by atoms with Crippen molar-refractivity contribution in [2.75, 3.05) is 10.2 Å². The predicted octanol–water partition coefficient (Wildman–Crippen LogP) is 4.66. The number of fused-ring (bicyclic) bond motifs is 1. The molecule has 0 fully saturated rings. The summed E-state index contributed by atoms with van der Waals surface area (Å²) in [6, 6.07) is 17.6. The number of carbonyl (C=O) groups is 3. The number of anilines is 2. The largest absolute Gasteiger partial charge is 0.322 e. The van der Waals surface area contributed by atoms with E-state index in [9.17, 15) is 14.4 Å². The smallest absolute Gasteiger partial charge is 0.266 e. The standard InChI is InChI=1S/C24H20N2O3/c1-14-10-15(2)12-18(11-14)25-22(27)17-8-9-19-20(13-17)24(29)26(23(19)28)21-7-5-4-6-16(21)3/h4-13H,1-3H3,(H,25,27). The van der Waals surface area contributed by atoms with Crippen molar-refractivity contribution in [2.24, 2.45) is 0 Å². The fourth-order valence-corrected chi connectivity index (χ4v) is 3.67. The zero-order valence-electron chi connectivity index (χ0n) is 16.4. The Kier molecular flexibility index (Phi) is 4.51. The van der Waals surface area contributed by atoms with E-state index in [0.29, 0.717) is 22.5 Å². The molecule has 0 saturated carbocycles. The Morgan fingerprint density at radius 1 is 0.793 bits per heavy atom. The maximum atomic E-state index is 13.0. The molecule has 0 saturated heterocycles. The number of hydrogen-bond donors (Lipinski definition) is 1. The van der Waals surface area contributed by atoms with Crippen molar-refractivity contribution in [3.63, 3.8) is 0 Å². The fraction of sp³-hybridized carbons (Fsp3) is 0.125. The first-order valence-corrected chi connectivity index (χ1v) is 9.33. The van der Waals surface area contributed by atoms with Gasteiger partial charge in [-0.3, -0.25) is 14.4 Å². The number of benzene rings is 3. The van der Waals surface area contributed by atoms with Crippen molar-refractivity contribution < 1.29 is 14.4 Å². The lowest BCUT2D eigenvalue weighted by atomic mass is 10.0. The lowest BCUT2D eigenvalue weighted by Crippen LogP contribution is -2.29. The molecule has 0 unspecified atom stereocenters. The minimum absolute atomic E-state index is 0.242. The van der Waals surface area contributed by atoms with E-state index in [1.54, 1.807) is 24.3 Å². The summed E-state index contributed by atoms with van der Waals surface area (Å²) < 4.78 is 0. The van der Waals surface area contributed by atoms with Gasteiger partial charge in [0.05, 0.1) is 16.8 Å². The van der Waals surface area contributed by atoms with Crippen LogP contribution in [0.4, 0.5) is 11.4 Å². The number of imide groups is 1. The summed E-state index contributed by atoms with van der Waals surface area (Å²) in [4.78, 5) is 39.6. The third kappa shape index (κ3) is 3.31. The number of para-hydroxylation sites is 1. The number of carbonyl (C=O) groups excluding carboxylic acids is 3. The van der Waals surface area contributed by atoms with Gasteiger partial charge in [0.15, 0.2) is 0 Å². The van der Waals surface area contributed by atoms with Gasteiger partial charge in [-0.15, -0.1) is 0 Å². The zero-order chi connectivity index (χ0) is 20.7. The molecule has 0 aliphatic carbocycles. The second-order valence-corrected chi connectivity index (χ2v) is 7.32. The van der Waals surface area contributed by atoms with E-state index in [-0.39, 0.29) is 17.4 Å². The Labute approximate surface area is 169 Å². The van der Waals surface area contributed by atoms with E-state index in [1.807, 2.05) is 51.1 Å². The maximum absolute atomic E-state index is 13.0. The van der Waals surface area contributed by atoms with Gasteiger partial charge >= 0.3 is 0 Å². The van der Waals surface area contributed by atoms with E-state index >= 15 is 0 Å². The van der Waals surface area contributed by atoms with Crippen LogP contribution in [-0.4, -0.2) is 17.7 Å². The Bertz CT molecular complexity index is 1160. The second-order valence-electron chi connectivity index (χ2n) is 7.32. The predicted molar refractivity (Wildman–Crippen MR) is 113 cm³/mol. The van der Waals surface area contributed by atoms with Gasteiger partial charge in [-0.2, -0.15) is 0 Å². The quantitative estimate of drug-likeness (QED) is 0.668. The normalized spacial score (nSPS) is 12.9. The molecule has 1 aliphatic heterocycles. The third-order valence-electron chi connectivity index (χ3n) is 4.98. The van der Waals surface area contributed by atoms with E-state index in [1.165, 1.54) is 11.0 Å². The number of aryl methyl sites for hydroxylation is 3. The van der Waals surface area contributed by atoms with E-state index in [0.717, 1.165) is 16.7 Å². The fourth-order valence-electron chi connectivity index (χ4n) is 3.67. The van der Waals surface area contributed by atoms with E-state index in [2.05, 4.69) is 5.32 Å². The van der Waals surface area contributed by atoms with Crippen LogP contribution in [0.2, 0.25) is 0 Å². The molecule has 3 aromatic rings. The van der Waals surface area contributed by atoms with Crippen LogP contribution in [0.25, 0.3) is 0 Å². The molecule has 0 bridgehead atoms. The van der Waals surface area contributed by atoms with Gasteiger partial charge in [0.1, 0.15) is 0 Å². The first kappa shape index (κ1) is 18.6. The third-order valence-corrected chi connectivity index (χ3v) is 4.98.